The van der Waals surface area contributed by atoms with Crippen LogP contribution in [0, 0.1) is 17.8 Å². The quantitative estimate of drug-likeness (QED) is 0.117. The molecule has 2 bridgehead atoms. The molecule has 5 atom stereocenters. The second kappa shape index (κ2) is 17.4. The average Bonchev–Trinajstić information content (AvgIpc) is 4.11. The lowest BCUT2D eigenvalue weighted by atomic mass is 9.64. The third-order valence-corrected chi connectivity index (χ3v) is 13.6. The van der Waals surface area contributed by atoms with Crippen LogP contribution in [0.25, 0.3) is 33.6 Å². The van der Waals surface area contributed by atoms with Gasteiger partial charge < -0.3 is 39.9 Å². The van der Waals surface area contributed by atoms with Crippen molar-refractivity contribution in [3.8, 4) is 33.6 Å². The van der Waals surface area contributed by atoms with Crippen LogP contribution in [0.2, 0.25) is 0 Å². The Morgan fingerprint density at radius 2 is 1.18 bits per heavy atom. The van der Waals surface area contributed by atoms with Gasteiger partial charge in [0.05, 0.1) is 50.1 Å². The third-order valence-electron chi connectivity index (χ3n) is 13.6. The van der Waals surface area contributed by atoms with E-state index in [2.05, 4.69) is 63.9 Å². The van der Waals surface area contributed by atoms with E-state index in [0.29, 0.717) is 24.9 Å². The molecule has 14 nitrogen and oxygen atoms in total. The summed E-state index contributed by atoms with van der Waals surface area (Å²) in [6, 6.07) is 11.4. The first-order chi connectivity index (χ1) is 29.4. The number of H-pyrrole nitrogens is 2. The molecule has 2 saturated heterocycles. The first-order valence-corrected chi connectivity index (χ1v) is 22.0. The molecule has 5 unspecified atom stereocenters. The van der Waals surface area contributed by atoms with Gasteiger partial charge in [-0.1, -0.05) is 71.0 Å². The van der Waals surface area contributed by atoms with Crippen LogP contribution in [0.4, 0.5) is 9.59 Å². The number of carbonyl (C=O) groups excluding carboxylic acids is 4. The smallest absolute Gasteiger partial charge is 0.407 e. The van der Waals surface area contributed by atoms with E-state index in [4.69, 9.17) is 19.4 Å². The SMILES string of the molecule is COC(=O)NC(C(=O)N1CCCC1c1ncc(-c2ccc(-c3ccc(-c4cnc(C5CC(C)CN5C(=O)C(NC(=O)OC)C(C)C)[nH]4)c4c3C3CCC4CC3)cc2)[nH]1)C(C)C. The molecule has 3 fully saturated rings. The molecule has 14 heteroatoms. The molecule has 2 aromatic heterocycles. The topological polar surface area (TPSA) is 175 Å². The number of carbonyl (C=O) groups is 4. The number of fused-ring (bicyclic) bond motifs is 2. The minimum Gasteiger partial charge on any atom is -0.453 e. The molecule has 0 radical (unpaired) electrons. The van der Waals surface area contributed by atoms with Crippen LogP contribution in [0.1, 0.15) is 126 Å². The number of rotatable bonds is 11. The van der Waals surface area contributed by atoms with E-state index in [1.807, 2.05) is 49.9 Å². The number of nitrogens with zero attached hydrogens (tertiary/aromatic N) is 4. The molecule has 4 aromatic rings. The molecular weight excluding hydrogens is 773 g/mol. The van der Waals surface area contributed by atoms with Gasteiger partial charge in [-0.25, -0.2) is 19.6 Å². The lowest BCUT2D eigenvalue weighted by molar-refractivity contribution is -0.136. The van der Waals surface area contributed by atoms with Crippen LogP contribution >= 0.6 is 0 Å². The van der Waals surface area contributed by atoms with E-state index in [0.717, 1.165) is 47.9 Å². The molecule has 0 spiro atoms. The maximum absolute atomic E-state index is 13.9. The van der Waals surface area contributed by atoms with Crippen molar-refractivity contribution in [3.05, 3.63) is 71.6 Å². The fourth-order valence-electron chi connectivity index (χ4n) is 10.4. The van der Waals surface area contributed by atoms with Gasteiger partial charge in [0.1, 0.15) is 23.7 Å². The molecule has 4 N–H and O–H groups in total. The number of imidazole rings is 2. The molecule has 4 heterocycles. The summed E-state index contributed by atoms with van der Waals surface area (Å²) >= 11 is 0. The molecule has 9 rings (SSSR count). The molecule has 61 heavy (non-hydrogen) atoms. The zero-order valence-corrected chi connectivity index (χ0v) is 36.4. The number of aromatic nitrogens is 4. The summed E-state index contributed by atoms with van der Waals surface area (Å²) in [4.78, 5) is 72.4. The molecule has 4 amide bonds. The molecule has 5 aliphatic rings. The van der Waals surface area contributed by atoms with Crippen LogP contribution in [-0.4, -0.2) is 93.1 Å². The highest BCUT2D eigenvalue weighted by atomic mass is 16.5. The Bertz CT molecular complexity index is 2260. The van der Waals surface area contributed by atoms with Gasteiger partial charge in [0, 0.05) is 18.7 Å². The zero-order chi connectivity index (χ0) is 43.1. The Labute approximate surface area is 358 Å². The van der Waals surface area contributed by atoms with Crippen molar-refractivity contribution in [2.75, 3.05) is 27.3 Å². The van der Waals surface area contributed by atoms with Gasteiger partial charge in [0.25, 0.3) is 0 Å². The van der Waals surface area contributed by atoms with Gasteiger partial charge in [-0.3, -0.25) is 9.59 Å². The van der Waals surface area contributed by atoms with E-state index >= 15 is 0 Å². The van der Waals surface area contributed by atoms with Crippen LogP contribution < -0.4 is 10.6 Å². The zero-order valence-electron chi connectivity index (χ0n) is 36.4. The highest BCUT2D eigenvalue weighted by Gasteiger charge is 2.42. The average molecular weight is 833 g/mol. The number of benzene rings is 2. The van der Waals surface area contributed by atoms with Crippen molar-refractivity contribution in [1.82, 2.24) is 40.4 Å². The number of alkyl carbamates (subject to hydrolysis) is 2. The van der Waals surface area contributed by atoms with Crippen LogP contribution in [-0.2, 0) is 19.1 Å². The summed E-state index contributed by atoms with van der Waals surface area (Å²) in [5, 5.41) is 5.48. The number of aromatic amines is 2. The van der Waals surface area contributed by atoms with E-state index in [1.54, 1.807) is 0 Å². The van der Waals surface area contributed by atoms with Gasteiger partial charge in [-0.15, -0.1) is 0 Å². The number of ether oxygens (including phenoxy) is 2. The fourth-order valence-corrected chi connectivity index (χ4v) is 10.4. The molecule has 3 aliphatic carbocycles. The fraction of sp³-hybridized carbons (Fsp3) is 0.532. The van der Waals surface area contributed by atoms with Crippen molar-refractivity contribution >= 4 is 24.0 Å². The lowest BCUT2D eigenvalue weighted by Crippen LogP contribution is -2.51. The minimum atomic E-state index is -0.696. The lowest BCUT2D eigenvalue weighted by Gasteiger charge is -2.41. The summed E-state index contributed by atoms with van der Waals surface area (Å²) in [5.74, 6) is 2.29. The van der Waals surface area contributed by atoms with Crippen molar-refractivity contribution in [1.29, 1.82) is 0 Å². The second-order valence-electron chi connectivity index (χ2n) is 18.2. The Balaban J connectivity index is 1.04. The third kappa shape index (κ3) is 8.13. The number of hydrogen-bond acceptors (Lipinski definition) is 8. The molecule has 1 saturated carbocycles. The van der Waals surface area contributed by atoms with E-state index in [1.165, 1.54) is 67.7 Å². The van der Waals surface area contributed by atoms with Gasteiger partial charge in [0.15, 0.2) is 0 Å². The van der Waals surface area contributed by atoms with Gasteiger partial charge in [-0.05, 0) is 102 Å². The molecular formula is C47H60N8O6. The summed E-state index contributed by atoms with van der Waals surface area (Å²) in [7, 11) is 2.61. The molecule has 324 valence electrons. The number of nitrogens with one attached hydrogen (secondary N) is 4. The maximum atomic E-state index is 13.9. The standard InChI is InChI=1S/C47H60N8O6/c1-25(2)40(52-46(58)60-6)44(56)54-20-8-9-36(54)42-48-22-34(50-42)29-12-10-28(11-13-29)32-18-19-33(39-31-16-14-30(15-17-31)38(32)39)35-23-49-43(51-35)37-21-27(5)24-55(37)45(57)41(26(3)4)53-47(59)61-7/h10-13,18-19,22-23,25-27,30-31,36-37,40-41H,8-9,14-17,20-21,24H2,1-7H3,(H,48,50)(H,49,51)(H,52,58)(H,53,59). The Morgan fingerprint density at radius 1 is 0.672 bits per heavy atom. The van der Waals surface area contributed by atoms with E-state index < -0.39 is 24.3 Å². The van der Waals surface area contributed by atoms with Gasteiger partial charge in [0.2, 0.25) is 11.8 Å². The van der Waals surface area contributed by atoms with Gasteiger partial charge >= 0.3 is 12.2 Å². The highest BCUT2D eigenvalue weighted by Crippen LogP contribution is 2.55. The predicted molar refractivity (Wildman–Crippen MR) is 231 cm³/mol. The largest absolute Gasteiger partial charge is 0.453 e. The van der Waals surface area contributed by atoms with Crippen LogP contribution in [0.3, 0.4) is 0 Å². The highest BCUT2D eigenvalue weighted by molar-refractivity contribution is 5.87. The predicted octanol–water partition coefficient (Wildman–Crippen LogP) is 8.22. The summed E-state index contributed by atoms with van der Waals surface area (Å²) in [5.41, 5.74) is 9.36. The number of hydrogen-bond donors (Lipinski definition) is 4. The van der Waals surface area contributed by atoms with Crippen molar-refractivity contribution in [2.45, 2.75) is 116 Å². The second-order valence-corrected chi connectivity index (χ2v) is 18.2. The van der Waals surface area contributed by atoms with Crippen molar-refractivity contribution < 1.29 is 28.7 Å². The molecule has 2 aromatic carbocycles. The monoisotopic (exact) mass is 832 g/mol. The first kappa shape index (κ1) is 42.0. The van der Waals surface area contributed by atoms with Crippen LogP contribution in [0.15, 0.2) is 48.8 Å². The van der Waals surface area contributed by atoms with Gasteiger partial charge in [-0.2, -0.15) is 0 Å². The van der Waals surface area contributed by atoms with Crippen molar-refractivity contribution in [3.63, 3.8) is 0 Å². The Morgan fingerprint density at radius 3 is 1.77 bits per heavy atom. The minimum absolute atomic E-state index is 0.104. The Kier molecular flexibility index (Phi) is 12.0. The van der Waals surface area contributed by atoms with E-state index in [9.17, 15) is 19.2 Å². The summed E-state index contributed by atoms with van der Waals surface area (Å²) in [6.07, 6.45) is 9.68. The number of likely N-dealkylation sites (tertiary alicyclic amines) is 2. The number of methoxy groups -OCH3 is 2. The summed E-state index contributed by atoms with van der Waals surface area (Å²) in [6.45, 7) is 11.0. The first-order valence-electron chi connectivity index (χ1n) is 22.0. The normalized spacial score (nSPS) is 22.9. The number of amides is 4. The summed E-state index contributed by atoms with van der Waals surface area (Å²) < 4.78 is 9.63. The van der Waals surface area contributed by atoms with Crippen LogP contribution in [0.5, 0.6) is 0 Å². The maximum Gasteiger partial charge on any atom is 0.407 e. The molecule has 2 aliphatic heterocycles. The van der Waals surface area contributed by atoms with Crippen molar-refractivity contribution in [2.24, 2.45) is 17.8 Å². The van der Waals surface area contributed by atoms with E-state index in [-0.39, 0.29) is 41.7 Å². The Hall–Kier alpha value is -5.66.